The largest absolute Gasteiger partial charge is 0.340 e. The molecule has 8 nitrogen and oxygen atoms in total. The number of amides is 1. The molecule has 0 bridgehead atoms. The summed E-state index contributed by atoms with van der Waals surface area (Å²) in [6.45, 7) is 1.73. The second-order valence-corrected chi connectivity index (χ2v) is 5.88. The van der Waals surface area contributed by atoms with E-state index >= 15 is 0 Å². The van der Waals surface area contributed by atoms with Crippen molar-refractivity contribution in [2.45, 2.75) is 13.0 Å². The molecule has 0 fully saturated rings. The number of rotatable bonds is 5. The number of hydrogen-bond acceptors (Lipinski definition) is 7. The van der Waals surface area contributed by atoms with E-state index in [-0.39, 0.29) is 17.5 Å². The summed E-state index contributed by atoms with van der Waals surface area (Å²) in [6, 6.07) is 8.88. The van der Waals surface area contributed by atoms with Crippen LogP contribution >= 0.6 is 11.3 Å². The molecule has 2 heterocycles. The van der Waals surface area contributed by atoms with Crippen molar-refractivity contribution in [2.75, 3.05) is 0 Å². The Morgan fingerprint density at radius 3 is 2.71 bits per heavy atom. The van der Waals surface area contributed by atoms with Crippen LogP contribution in [0.15, 0.2) is 46.3 Å². The maximum atomic E-state index is 12.0. The lowest BCUT2D eigenvalue weighted by molar-refractivity contribution is -0.384. The lowest BCUT2D eigenvalue weighted by Crippen LogP contribution is -2.26. The number of carbonyl (C=O) groups excluding carboxylic acids is 1. The van der Waals surface area contributed by atoms with E-state index in [4.69, 9.17) is 4.52 Å². The van der Waals surface area contributed by atoms with Gasteiger partial charge in [0.15, 0.2) is 0 Å². The Kier molecular flexibility index (Phi) is 4.34. The van der Waals surface area contributed by atoms with Gasteiger partial charge in [-0.15, -0.1) is 11.3 Å². The lowest BCUT2D eigenvalue weighted by atomic mass is 10.2. The highest BCUT2D eigenvalue weighted by Gasteiger charge is 2.19. The number of nitro benzene ring substituents is 1. The standard InChI is InChI=1S/C15H12N4O4S/c1-9(16-14(20)12-3-2-8-24-12)15-17-13(18-23-15)10-4-6-11(7-5-10)19(21)22/h2-9H,1H3,(H,16,20)/t9-/m1/s1. The van der Waals surface area contributed by atoms with E-state index in [0.717, 1.165) is 0 Å². The van der Waals surface area contributed by atoms with Crippen molar-refractivity contribution in [1.29, 1.82) is 0 Å². The van der Waals surface area contributed by atoms with Crippen LogP contribution in [-0.4, -0.2) is 21.0 Å². The summed E-state index contributed by atoms with van der Waals surface area (Å²) in [5.41, 5.74) is 0.575. The summed E-state index contributed by atoms with van der Waals surface area (Å²) in [7, 11) is 0. The summed E-state index contributed by atoms with van der Waals surface area (Å²) in [5, 5.41) is 19.1. The van der Waals surface area contributed by atoms with E-state index < -0.39 is 11.0 Å². The Hall–Kier alpha value is -3.07. The third-order valence-corrected chi connectivity index (χ3v) is 4.11. The molecule has 0 unspecified atom stereocenters. The second kappa shape index (κ2) is 6.59. The monoisotopic (exact) mass is 344 g/mol. The van der Waals surface area contributed by atoms with Crippen molar-refractivity contribution < 1.29 is 14.2 Å². The fourth-order valence-corrected chi connectivity index (χ4v) is 2.62. The van der Waals surface area contributed by atoms with Crippen LogP contribution in [0.4, 0.5) is 5.69 Å². The molecular formula is C15H12N4O4S. The minimum absolute atomic E-state index is 0.0148. The molecule has 0 radical (unpaired) electrons. The van der Waals surface area contributed by atoms with E-state index in [1.54, 1.807) is 31.2 Å². The summed E-state index contributed by atoms with van der Waals surface area (Å²) < 4.78 is 5.17. The third kappa shape index (κ3) is 3.30. The number of carbonyl (C=O) groups is 1. The second-order valence-electron chi connectivity index (χ2n) is 4.93. The number of nitrogens with one attached hydrogen (secondary N) is 1. The van der Waals surface area contributed by atoms with Crippen molar-refractivity contribution in [3.63, 3.8) is 0 Å². The van der Waals surface area contributed by atoms with Crippen LogP contribution in [-0.2, 0) is 0 Å². The maximum Gasteiger partial charge on any atom is 0.269 e. The Labute approximate surface area is 140 Å². The van der Waals surface area contributed by atoms with Gasteiger partial charge in [0.1, 0.15) is 6.04 Å². The van der Waals surface area contributed by atoms with Gasteiger partial charge in [0.25, 0.3) is 11.6 Å². The molecule has 3 aromatic rings. The highest BCUT2D eigenvalue weighted by molar-refractivity contribution is 7.12. The van der Waals surface area contributed by atoms with Crippen LogP contribution in [0.25, 0.3) is 11.4 Å². The molecule has 0 spiro atoms. The highest BCUT2D eigenvalue weighted by Crippen LogP contribution is 2.22. The molecule has 1 atom stereocenters. The fourth-order valence-electron chi connectivity index (χ4n) is 2.00. The first kappa shape index (κ1) is 15.8. The zero-order valence-corrected chi connectivity index (χ0v) is 13.3. The summed E-state index contributed by atoms with van der Waals surface area (Å²) >= 11 is 1.34. The van der Waals surface area contributed by atoms with Gasteiger partial charge in [-0.1, -0.05) is 11.2 Å². The van der Waals surface area contributed by atoms with Gasteiger partial charge in [-0.05, 0) is 30.5 Å². The molecule has 3 rings (SSSR count). The first-order valence-electron chi connectivity index (χ1n) is 6.97. The van der Waals surface area contributed by atoms with E-state index in [1.165, 1.54) is 23.5 Å². The van der Waals surface area contributed by atoms with E-state index in [2.05, 4.69) is 15.5 Å². The van der Waals surface area contributed by atoms with E-state index in [0.29, 0.717) is 16.3 Å². The third-order valence-electron chi connectivity index (χ3n) is 3.24. The maximum absolute atomic E-state index is 12.0. The van der Waals surface area contributed by atoms with Gasteiger partial charge >= 0.3 is 0 Å². The Morgan fingerprint density at radius 2 is 2.08 bits per heavy atom. The number of nitro groups is 1. The number of hydrogen-bond donors (Lipinski definition) is 1. The van der Waals surface area contributed by atoms with Crippen LogP contribution in [0.3, 0.4) is 0 Å². The SMILES string of the molecule is C[C@@H](NC(=O)c1cccs1)c1nc(-c2ccc([N+](=O)[O-])cc2)no1. The average Bonchev–Trinajstić information content (AvgIpc) is 3.26. The number of nitrogens with zero attached hydrogens (tertiary/aromatic N) is 3. The fraction of sp³-hybridized carbons (Fsp3) is 0.133. The average molecular weight is 344 g/mol. The molecular weight excluding hydrogens is 332 g/mol. The van der Waals surface area contributed by atoms with Crippen molar-refractivity contribution in [3.8, 4) is 11.4 Å². The zero-order chi connectivity index (χ0) is 17.1. The zero-order valence-electron chi connectivity index (χ0n) is 12.5. The van der Waals surface area contributed by atoms with Crippen molar-refractivity contribution >= 4 is 22.9 Å². The molecule has 0 aliphatic heterocycles. The molecule has 1 aromatic carbocycles. The van der Waals surface area contributed by atoms with Gasteiger partial charge in [-0.25, -0.2) is 0 Å². The number of aromatic nitrogens is 2. The topological polar surface area (TPSA) is 111 Å². The van der Waals surface area contributed by atoms with Gasteiger partial charge in [-0.3, -0.25) is 14.9 Å². The van der Waals surface area contributed by atoms with Gasteiger partial charge in [0, 0.05) is 17.7 Å². The van der Waals surface area contributed by atoms with Gasteiger partial charge in [-0.2, -0.15) is 4.98 Å². The first-order valence-corrected chi connectivity index (χ1v) is 7.85. The molecule has 9 heteroatoms. The normalized spacial score (nSPS) is 11.9. The number of benzene rings is 1. The van der Waals surface area contributed by atoms with Gasteiger partial charge in [0.2, 0.25) is 11.7 Å². The van der Waals surface area contributed by atoms with Crippen molar-refractivity contribution in [3.05, 3.63) is 62.7 Å². The number of thiophene rings is 1. The molecule has 0 aliphatic carbocycles. The number of non-ortho nitro benzene ring substituents is 1. The minimum atomic E-state index is -0.479. The molecule has 0 saturated carbocycles. The van der Waals surface area contributed by atoms with Crippen LogP contribution in [0, 0.1) is 10.1 Å². The highest BCUT2D eigenvalue weighted by atomic mass is 32.1. The van der Waals surface area contributed by atoms with Crippen LogP contribution in [0.5, 0.6) is 0 Å². The first-order chi connectivity index (χ1) is 11.5. The molecule has 24 heavy (non-hydrogen) atoms. The predicted octanol–water partition coefficient (Wildman–Crippen LogP) is 3.20. The minimum Gasteiger partial charge on any atom is -0.340 e. The smallest absolute Gasteiger partial charge is 0.269 e. The molecule has 0 aliphatic rings. The molecule has 1 N–H and O–H groups in total. The van der Waals surface area contributed by atoms with Crippen molar-refractivity contribution in [1.82, 2.24) is 15.5 Å². The Balaban J connectivity index is 1.72. The quantitative estimate of drug-likeness (QED) is 0.562. The van der Waals surface area contributed by atoms with Gasteiger partial charge < -0.3 is 9.84 Å². The van der Waals surface area contributed by atoms with Gasteiger partial charge in [0.05, 0.1) is 9.80 Å². The van der Waals surface area contributed by atoms with Crippen LogP contribution < -0.4 is 5.32 Å². The summed E-state index contributed by atoms with van der Waals surface area (Å²) in [6.07, 6.45) is 0. The van der Waals surface area contributed by atoms with Crippen LogP contribution in [0.1, 0.15) is 28.5 Å². The van der Waals surface area contributed by atoms with E-state index in [1.807, 2.05) is 5.38 Å². The van der Waals surface area contributed by atoms with Crippen molar-refractivity contribution in [2.24, 2.45) is 0 Å². The van der Waals surface area contributed by atoms with E-state index in [9.17, 15) is 14.9 Å². The summed E-state index contributed by atoms with van der Waals surface area (Å²) in [5.74, 6) is 0.345. The molecule has 2 aromatic heterocycles. The Morgan fingerprint density at radius 1 is 1.33 bits per heavy atom. The predicted molar refractivity (Wildman–Crippen MR) is 86.6 cm³/mol. The molecule has 122 valence electrons. The van der Waals surface area contributed by atoms with Crippen LogP contribution in [0.2, 0.25) is 0 Å². The molecule has 1 amide bonds. The molecule has 0 saturated heterocycles. The summed E-state index contributed by atoms with van der Waals surface area (Å²) in [4.78, 5) is 27.0. The Bertz CT molecular complexity index is 858. The lowest BCUT2D eigenvalue weighted by Gasteiger charge is -2.07.